The molecule has 0 amide bonds. The molecule has 0 saturated carbocycles. The predicted molar refractivity (Wildman–Crippen MR) is 56.9 cm³/mol. The van der Waals surface area contributed by atoms with Gasteiger partial charge in [-0.1, -0.05) is 17.7 Å². The molecule has 1 unspecified atom stereocenters. The van der Waals surface area contributed by atoms with Crippen LogP contribution in [0.25, 0.3) is 0 Å². The third-order valence-corrected chi connectivity index (χ3v) is 2.42. The van der Waals surface area contributed by atoms with Crippen molar-refractivity contribution in [1.82, 2.24) is 0 Å². The molecule has 0 aromatic heterocycles. The van der Waals surface area contributed by atoms with Crippen LogP contribution in [0.3, 0.4) is 0 Å². The van der Waals surface area contributed by atoms with E-state index in [0.29, 0.717) is 5.02 Å². The first-order chi connectivity index (χ1) is 6.52. The van der Waals surface area contributed by atoms with E-state index < -0.39 is 12.0 Å². The summed E-state index contributed by atoms with van der Waals surface area (Å²) in [6.07, 6.45) is 0. The highest BCUT2D eigenvalue weighted by Gasteiger charge is 2.11. The number of halogens is 1. The van der Waals surface area contributed by atoms with E-state index in [-0.39, 0.29) is 0 Å². The Morgan fingerprint density at radius 2 is 2.21 bits per heavy atom. The van der Waals surface area contributed by atoms with E-state index in [1.807, 2.05) is 6.92 Å². The third-order valence-electron chi connectivity index (χ3n) is 2.01. The summed E-state index contributed by atoms with van der Waals surface area (Å²) in [5.74, 6) is -0.885. The Kier molecular flexibility index (Phi) is 3.36. The number of carbonyl (C=O) groups is 1. The molecule has 0 aliphatic carbocycles. The number of anilines is 1. The van der Waals surface area contributed by atoms with Crippen LogP contribution in [-0.2, 0) is 4.79 Å². The van der Waals surface area contributed by atoms with Gasteiger partial charge in [0.05, 0.1) is 0 Å². The molecule has 1 aromatic rings. The number of hydrogen-bond donors (Lipinski definition) is 2. The van der Waals surface area contributed by atoms with Gasteiger partial charge in [0.25, 0.3) is 0 Å². The summed E-state index contributed by atoms with van der Waals surface area (Å²) < 4.78 is 0. The molecule has 1 atom stereocenters. The van der Waals surface area contributed by atoms with Gasteiger partial charge in [-0.25, -0.2) is 0 Å². The van der Waals surface area contributed by atoms with E-state index in [2.05, 4.69) is 5.32 Å². The van der Waals surface area contributed by atoms with Gasteiger partial charge in [0.15, 0.2) is 0 Å². The molecule has 76 valence electrons. The van der Waals surface area contributed by atoms with Gasteiger partial charge in [-0.2, -0.15) is 0 Å². The molecule has 0 aliphatic heterocycles. The summed E-state index contributed by atoms with van der Waals surface area (Å²) in [5, 5.41) is 12.2. The van der Waals surface area contributed by atoms with Gasteiger partial charge in [0, 0.05) is 10.7 Å². The second-order valence-electron chi connectivity index (χ2n) is 3.12. The summed E-state index contributed by atoms with van der Waals surface area (Å²) in [7, 11) is 0. The number of nitrogens with one attached hydrogen (secondary N) is 1. The summed E-state index contributed by atoms with van der Waals surface area (Å²) in [6.45, 7) is 3.43. The van der Waals surface area contributed by atoms with Crippen LogP contribution in [0.15, 0.2) is 18.2 Å². The Bertz CT molecular complexity index is 352. The maximum atomic E-state index is 10.6. The molecule has 3 nitrogen and oxygen atoms in total. The molecule has 4 heteroatoms. The number of rotatable bonds is 3. The van der Waals surface area contributed by atoms with Crippen molar-refractivity contribution in [2.75, 3.05) is 5.32 Å². The zero-order chi connectivity index (χ0) is 10.7. The van der Waals surface area contributed by atoms with Crippen LogP contribution in [0.1, 0.15) is 12.5 Å². The third kappa shape index (κ3) is 2.39. The quantitative estimate of drug-likeness (QED) is 0.811. The largest absolute Gasteiger partial charge is 0.480 e. The zero-order valence-electron chi connectivity index (χ0n) is 8.04. The minimum atomic E-state index is -0.885. The van der Waals surface area contributed by atoms with Crippen molar-refractivity contribution < 1.29 is 9.90 Å². The predicted octanol–water partition coefficient (Wildman–Crippen LogP) is 2.53. The van der Waals surface area contributed by atoms with Crippen LogP contribution >= 0.6 is 11.6 Å². The monoisotopic (exact) mass is 213 g/mol. The number of aliphatic carboxylic acids is 1. The van der Waals surface area contributed by atoms with Crippen molar-refractivity contribution in [3.63, 3.8) is 0 Å². The highest BCUT2D eigenvalue weighted by atomic mass is 35.5. The standard InChI is InChI=1S/C10H12ClNO2/c1-6-8(11)4-3-5-9(6)12-7(2)10(13)14/h3-5,7,12H,1-2H3,(H,13,14). The van der Waals surface area contributed by atoms with Crippen molar-refractivity contribution in [2.24, 2.45) is 0 Å². The minimum absolute atomic E-state index is 0.618. The minimum Gasteiger partial charge on any atom is -0.480 e. The fourth-order valence-corrected chi connectivity index (χ4v) is 1.23. The van der Waals surface area contributed by atoms with Crippen LogP contribution in [0.5, 0.6) is 0 Å². The van der Waals surface area contributed by atoms with Crippen LogP contribution < -0.4 is 5.32 Å². The fraction of sp³-hybridized carbons (Fsp3) is 0.300. The number of carboxylic acid groups (broad SMARTS) is 1. The Balaban J connectivity index is 2.87. The molecule has 0 bridgehead atoms. The molecule has 0 saturated heterocycles. The lowest BCUT2D eigenvalue weighted by Gasteiger charge is -2.13. The maximum Gasteiger partial charge on any atom is 0.325 e. The van der Waals surface area contributed by atoms with Crippen LogP contribution in [0, 0.1) is 6.92 Å². The topological polar surface area (TPSA) is 49.3 Å². The van der Waals surface area contributed by atoms with Crippen molar-refractivity contribution >= 4 is 23.3 Å². The molecule has 1 aromatic carbocycles. The fourth-order valence-electron chi connectivity index (χ4n) is 1.06. The highest BCUT2D eigenvalue weighted by Crippen LogP contribution is 2.23. The van der Waals surface area contributed by atoms with Crippen molar-refractivity contribution in [3.8, 4) is 0 Å². The lowest BCUT2D eigenvalue weighted by molar-refractivity contribution is -0.137. The van der Waals surface area contributed by atoms with Crippen molar-refractivity contribution in [2.45, 2.75) is 19.9 Å². The lowest BCUT2D eigenvalue weighted by atomic mass is 10.2. The van der Waals surface area contributed by atoms with Gasteiger partial charge in [0.2, 0.25) is 0 Å². The summed E-state index contributed by atoms with van der Waals surface area (Å²) in [6, 6.07) is 4.74. The zero-order valence-corrected chi connectivity index (χ0v) is 8.80. The molecule has 1 rings (SSSR count). The van der Waals surface area contributed by atoms with Crippen molar-refractivity contribution in [1.29, 1.82) is 0 Å². The van der Waals surface area contributed by atoms with Crippen LogP contribution in [0.2, 0.25) is 5.02 Å². The first-order valence-electron chi connectivity index (χ1n) is 4.27. The van der Waals surface area contributed by atoms with Gasteiger partial charge in [-0.05, 0) is 31.5 Å². The van der Waals surface area contributed by atoms with Gasteiger partial charge in [-0.3, -0.25) is 4.79 Å². The Morgan fingerprint density at radius 1 is 1.57 bits per heavy atom. The molecular formula is C10H12ClNO2. The molecular weight excluding hydrogens is 202 g/mol. The Morgan fingerprint density at radius 3 is 2.79 bits per heavy atom. The van der Waals surface area contributed by atoms with Crippen molar-refractivity contribution in [3.05, 3.63) is 28.8 Å². The number of benzene rings is 1. The Hall–Kier alpha value is -1.22. The normalized spacial score (nSPS) is 12.2. The molecule has 0 radical (unpaired) electrons. The summed E-state index contributed by atoms with van der Waals surface area (Å²) in [4.78, 5) is 10.6. The lowest BCUT2D eigenvalue weighted by Crippen LogP contribution is -2.25. The average Bonchev–Trinajstić information content (AvgIpc) is 2.12. The SMILES string of the molecule is Cc1c(Cl)cccc1NC(C)C(=O)O. The molecule has 2 N–H and O–H groups in total. The first-order valence-corrected chi connectivity index (χ1v) is 4.64. The molecule has 0 spiro atoms. The smallest absolute Gasteiger partial charge is 0.325 e. The summed E-state index contributed by atoms with van der Waals surface area (Å²) in [5.41, 5.74) is 1.62. The van der Waals surface area contributed by atoms with Crippen LogP contribution in [-0.4, -0.2) is 17.1 Å². The van der Waals surface area contributed by atoms with E-state index in [4.69, 9.17) is 16.7 Å². The van der Waals surface area contributed by atoms with E-state index in [1.165, 1.54) is 0 Å². The second kappa shape index (κ2) is 4.33. The molecule has 0 heterocycles. The molecule has 14 heavy (non-hydrogen) atoms. The van der Waals surface area contributed by atoms with Gasteiger partial charge < -0.3 is 10.4 Å². The van der Waals surface area contributed by atoms with E-state index >= 15 is 0 Å². The average molecular weight is 214 g/mol. The van der Waals surface area contributed by atoms with E-state index in [9.17, 15) is 4.79 Å². The number of hydrogen-bond acceptors (Lipinski definition) is 2. The summed E-state index contributed by atoms with van der Waals surface area (Å²) >= 11 is 5.89. The van der Waals surface area contributed by atoms with Gasteiger partial charge >= 0.3 is 5.97 Å². The van der Waals surface area contributed by atoms with Gasteiger partial charge in [0.1, 0.15) is 6.04 Å². The van der Waals surface area contributed by atoms with Gasteiger partial charge in [-0.15, -0.1) is 0 Å². The maximum absolute atomic E-state index is 10.6. The molecule has 0 aliphatic rings. The number of carboxylic acids is 1. The van der Waals surface area contributed by atoms with Crippen LogP contribution in [0.4, 0.5) is 5.69 Å². The Labute approximate surface area is 87.7 Å². The highest BCUT2D eigenvalue weighted by molar-refractivity contribution is 6.31. The van der Waals surface area contributed by atoms with E-state index in [0.717, 1.165) is 11.3 Å². The first kappa shape index (κ1) is 10.9. The van der Waals surface area contributed by atoms with E-state index in [1.54, 1.807) is 25.1 Å². The second-order valence-corrected chi connectivity index (χ2v) is 3.52. The molecule has 0 fully saturated rings.